The summed E-state index contributed by atoms with van der Waals surface area (Å²) in [6.07, 6.45) is 2.55. The van der Waals surface area contributed by atoms with Crippen molar-refractivity contribution in [2.24, 2.45) is 0 Å². The first kappa shape index (κ1) is 12.9. The molecule has 0 radical (unpaired) electrons. The number of rotatable bonds is 5. The van der Waals surface area contributed by atoms with Crippen LogP contribution in [0.25, 0.3) is 0 Å². The van der Waals surface area contributed by atoms with E-state index in [0.717, 1.165) is 19.6 Å². The number of hydrogen-bond acceptors (Lipinski definition) is 3. The number of likely N-dealkylation sites (tertiary alicyclic amines) is 1. The molecule has 1 saturated heterocycles. The Morgan fingerprint density at radius 1 is 1.39 bits per heavy atom. The predicted molar refractivity (Wildman–Crippen MR) is 72.2 cm³/mol. The summed E-state index contributed by atoms with van der Waals surface area (Å²) in [4.78, 5) is 13.5. The molecule has 1 aromatic rings. The fourth-order valence-corrected chi connectivity index (χ4v) is 2.39. The summed E-state index contributed by atoms with van der Waals surface area (Å²) in [5.41, 5.74) is 1.04. The number of anilines is 1. The van der Waals surface area contributed by atoms with Crippen LogP contribution in [0.15, 0.2) is 24.3 Å². The maximum Gasteiger partial charge on any atom is 0.337 e. The van der Waals surface area contributed by atoms with E-state index >= 15 is 0 Å². The Labute approximate surface area is 108 Å². The summed E-state index contributed by atoms with van der Waals surface area (Å²) >= 11 is 0. The molecule has 1 aliphatic heterocycles. The third kappa shape index (κ3) is 3.01. The Hall–Kier alpha value is -1.55. The highest BCUT2D eigenvalue weighted by molar-refractivity contribution is 5.94. The van der Waals surface area contributed by atoms with Gasteiger partial charge < -0.3 is 10.4 Å². The van der Waals surface area contributed by atoms with Crippen molar-refractivity contribution in [3.63, 3.8) is 0 Å². The van der Waals surface area contributed by atoms with Gasteiger partial charge in [-0.1, -0.05) is 12.1 Å². The minimum atomic E-state index is -0.882. The number of aromatic carboxylic acids is 1. The molecule has 0 spiro atoms. The predicted octanol–water partition coefficient (Wildman–Crippen LogP) is 2.28. The second-order valence-electron chi connectivity index (χ2n) is 4.82. The minimum absolute atomic E-state index is 0.339. The van der Waals surface area contributed by atoms with E-state index in [9.17, 15) is 4.79 Å². The summed E-state index contributed by atoms with van der Waals surface area (Å²) in [5.74, 6) is -0.882. The van der Waals surface area contributed by atoms with Gasteiger partial charge in [-0.15, -0.1) is 0 Å². The zero-order chi connectivity index (χ0) is 13.0. The van der Waals surface area contributed by atoms with Crippen LogP contribution in [0.5, 0.6) is 0 Å². The van der Waals surface area contributed by atoms with Gasteiger partial charge in [0, 0.05) is 18.3 Å². The van der Waals surface area contributed by atoms with Gasteiger partial charge in [0.05, 0.1) is 5.56 Å². The lowest BCUT2D eigenvalue weighted by Gasteiger charge is -2.24. The Morgan fingerprint density at radius 3 is 2.72 bits per heavy atom. The number of benzene rings is 1. The van der Waals surface area contributed by atoms with Crippen molar-refractivity contribution in [2.45, 2.75) is 25.8 Å². The average molecular weight is 248 g/mol. The van der Waals surface area contributed by atoms with E-state index in [1.165, 1.54) is 12.8 Å². The molecule has 0 aliphatic carbocycles. The topological polar surface area (TPSA) is 52.6 Å². The molecule has 0 amide bonds. The van der Waals surface area contributed by atoms with Crippen LogP contribution in [-0.2, 0) is 0 Å². The summed E-state index contributed by atoms with van der Waals surface area (Å²) in [6.45, 7) is 5.28. The summed E-state index contributed by atoms with van der Waals surface area (Å²) < 4.78 is 0. The molecule has 1 aliphatic rings. The van der Waals surface area contributed by atoms with Crippen molar-refractivity contribution in [3.05, 3.63) is 29.8 Å². The van der Waals surface area contributed by atoms with E-state index in [1.54, 1.807) is 12.1 Å². The van der Waals surface area contributed by atoms with E-state index in [2.05, 4.69) is 17.1 Å². The van der Waals surface area contributed by atoms with Gasteiger partial charge in [-0.25, -0.2) is 4.79 Å². The van der Waals surface area contributed by atoms with Crippen molar-refractivity contribution in [3.8, 4) is 0 Å². The third-order valence-electron chi connectivity index (χ3n) is 3.51. The fraction of sp³-hybridized carbons (Fsp3) is 0.500. The first-order valence-electron chi connectivity index (χ1n) is 6.48. The van der Waals surface area contributed by atoms with Crippen LogP contribution in [0.3, 0.4) is 0 Å². The lowest BCUT2D eigenvalue weighted by molar-refractivity contribution is 0.0698. The summed E-state index contributed by atoms with van der Waals surface area (Å²) in [5, 5.41) is 12.3. The molecular formula is C14H20N2O2. The molecule has 4 heteroatoms. The molecule has 18 heavy (non-hydrogen) atoms. The van der Waals surface area contributed by atoms with E-state index in [-0.39, 0.29) is 0 Å². The van der Waals surface area contributed by atoms with Crippen LogP contribution in [0.2, 0.25) is 0 Å². The minimum Gasteiger partial charge on any atom is -0.478 e. The lowest BCUT2D eigenvalue weighted by Crippen LogP contribution is -2.35. The number of carbonyl (C=O) groups is 1. The molecule has 4 nitrogen and oxygen atoms in total. The Morgan fingerprint density at radius 2 is 2.06 bits per heavy atom. The molecule has 0 bridgehead atoms. The number of carboxylic acids is 1. The number of carboxylic acid groups (broad SMARTS) is 1. The standard InChI is InChI=1S/C14H20N2O2/c1-11(16-8-4-5-9-16)10-15-13-7-3-2-6-12(13)14(17)18/h2-3,6-7,11,15H,4-5,8-10H2,1H3,(H,17,18). The van der Waals surface area contributed by atoms with Gasteiger partial charge in [-0.2, -0.15) is 0 Å². The van der Waals surface area contributed by atoms with Gasteiger partial charge >= 0.3 is 5.97 Å². The Balaban J connectivity index is 1.95. The first-order chi connectivity index (χ1) is 8.68. The molecule has 98 valence electrons. The van der Waals surface area contributed by atoms with Crippen molar-refractivity contribution in [2.75, 3.05) is 25.0 Å². The van der Waals surface area contributed by atoms with Crippen LogP contribution >= 0.6 is 0 Å². The van der Waals surface area contributed by atoms with Crippen molar-refractivity contribution >= 4 is 11.7 Å². The van der Waals surface area contributed by atoms with Crippen molar-refractivity contribution in [1.29, 1.82) is 0 Å². The van der Waals surface area contributed by atoms with Gasteiger partial charge in [0.15, 0.2) is 0 Å². The Bertz CT molecular complexity index is 414. The molecule has 1 fully saturated rings. The monoisotopic (exact) mass is 248 g/mol. The third-order valence-corrected chi connectivity index (χ3v) is 3.51. The second-order valence-corrected chi connectivity index (χ2v) is 4.82. The number of nitrogens with one attached hydrogen (secondary N) is 1. The van der Waals surface area contributed by atoms with Crippen LogP contribution < -0.4 is 5.32 Å². The van der Waals surface area contributed by atoms with E-state index in [0.29, 0.717) is 17.3 Å². The number of para-hydroxylation sites is 1. The molecule has 2 N–H and O–H groups in total. The van der Waals surface area contributed by atoms with Gasteiger partial charge in [-0.3, -0.25) is 4.90 Å². The molecule has 0 saturated carbocycles. The molecule has 2 rings (SSSR count). The van der Waals surface area contributed by atoms with Crippen molar-refractivity contribution < 1.29 is 9.90 Å². The zero-order valence-corrected chi connectivity index (χ0v) is 10.7. The second kappa shape index (κ2) is 5.87. The SMILES string of the molecule is CC(CNc1ccccc1C(=O)O)N1CCCC1. The van der Waals surface area contributed by atoms with Gasteiger partial charge in [0.2, 0.25) is 0 Å². The summed E-state index contributed by atoms with van der Waals surface area (Å²) in [6, 6.07) is 7.49. The number of nitrogens with zero attached hydrogens (tertiary/aromatic N) is 1. The molecule has 1 atom stereocenters. The van der Waals surface area contributed by atoms with Crippen LogP contribution in [-0.4, -0.2) is 41.7 Å². The highest BCUT2D eigenvalue weighted by Gasteiger charge is 2.18. The van der Waals surface area contributed by atoms with Gasteiger partial charge in [0.1, 0.15) is 0 Å². The quantitative estimate of drug-likeness (QED) is 0.839. The molecule has 1 unspecified atom stereocenters. The normalized spacial score (nSPS) is 17.6. The van der Waals surface area contributed by atoms with Crippen LogP contribution in [0, 0.1) is 0 Å². The van der Waals surface area contributed by atoms with Crippen molar-refractivity contribution in [1.82, 2.24) is 4.90 Å². The molecular weight excluding hydrogens is 228 g/mol. The molecule has 0 aromatic heterocycles. The van der Waals surface area contributed by atoms with Gasteiger partial charge in [0.25, 0.3) is 0 Å². The molecule has 1 heterocycles. The highest BCUT2D eigenvalue weighted by Crippen LogP contribution is 2.16. The van der Waals surface area contributed by atoms with Gasteiger partial charge in [-0.05, 0) is 45.0 Å². The maximum absolute atomic E-state index is 11.1. The maximum atomic E-state index is 11.1. The van der Waals surface area contributed by atoms with Crippen LogP contribution in [0.1, 0.15) is 30.1 Å². The van der Waals surface area contributed by atoms with E-state index < -0.39 is 5.97 Å². The number of hydrogen-bond donors (Lipinski definition) is 2. The summed E-state index contributed by atoms with van der Waals surface area (Å²) in [7, 11) is 0. The van der Waals surface area contributed by atoms with E-state index in [4.69, 9.17) is 5.11 Å². The van der Waals surface area contributed by atoms with E-state index in [1.807, 2.05) is 12.1 Å². The zero-order valence-electron chi connectivity index (χ0n) is 10.7. The first-order valence-corrected chi connectivity index (χ1v) is 6.48. The van der Waals surface area contributed by atoms with Crippen LogP contribution in [0.4, 0.5) is 5.69 Å². The average Bonchev–Trinajstić information content (AvgIpc) is 2.90. The fourth-order valence-electron chi connectivity index (χ4n) is 2.39. The largest absolute Gasteiger partial charge is 0.478 e. The molecule has 1 aromatic carbocycles. The smallest absolute Gasteiger partial charge is 0.337 e. The highest BCUT2D eigenvalue weighted by atomic mass is 16.4. The Kier molecular flexibility index (Phi) is 4.20. The lowest BCUT2D eigenvalue weighted by atomic mass is 10.1.